The van der Waals surface area contributed by atoms with Crippen LogP contribution in [0.1, 0.15) is 31.7 Å². The molecule has 1 atom stereocenters. The molecule has 1 aromatic rings. The van der Waals surface area contributed by atoms with Crippen molar-refractivity contribution in [1.82, 2.24) is 10.6 Å². The molecule has 7 heteroatoms. The van der Waals surface area contributed by atoms with Gasteiger partial charge in [0, 0.05) is 22.5 Å². The van der Waals surface area contributed by atoms with E-state index in [0.29, 0.717) is 13.0 Å². The Morgan fingerprint density at radius 1 is 1.38 bits per heavy atom. The van der Waals surface area contributed by atoms with Crippen LogP contribution < -0.4 is 10.6 Å². The summed E-state index contributed by atoms with van der Waals surface area (Å²) < 4.78 is 24.4. The molecular formula is C17H24BrN3O2S. The van der Waals surface area contributed by atoms with Crippen molar-refractivity contribution in [1.29, 1.82) is 0 Å². The summed E-state index contributed by atoms with van der Waals surface area (Å²) in [5.41, 5.74) is 1.43. The fourth-order valence-corrected chi connectivity index (χ4v) is 5.59. The highest BCUT2D eigenvalue weighted by Crippen LogP contribution is 2.50. The van der Waals surface area contributed by atoms with Gasteiger partial charge in [0.25, 0.3) is 0 Å². The minimum Gasteiger partial charge on any atom is -0.357 e. The van der Waals surface area contributed by atoms with Crippen LogP contribution in [0.5, 0.6) is 0 Å². The third-order valence-electron chi connectivity index (χ3n) is 4.76. The molecule has 0 spiro atoms. The summed E-state index contributed by atoms with van der Waals surface area (Å²) >= 11 is 3.65. The molecule has 3 rings (SSSR count). The number of hydrogen-bond acceptors (Lipinski definition) is 3. The first-order valence-corrected chi connectivity index (χ1v) is 11.1. The lowest BCUT2D eigenvalue weighted by Crippen LogP contribution is -2.44. The molecule has 1 unspecified atom stereocenters. The molecule has 0 radical (unpaired) electrons. The van der Waals surface area contributed by atoms with Gasteiger partial charge in [0.05, 0.1) is 18.1 Å². The van der Waals surface area contributed by atoms with Crippen molar-refractivity contribution < 1.29 is 8.42 Å². The molecule has 2 fully saturated rings. The summed E-state index contributed by atoms with van der Waals surface area (Å²) in [5.74, 6) is 1.19. The van der Waals surface area contributed by atoms with Crippen LogP contribution in [0.3, 0.4) is 0 Å². The van der Waals surface area contributed by atoms with Crippen LogP contribution in [0.25, 0.3) is 0 Å². The average Bonchev–Trinajstić information content (AvgIpc) is 3.24. The minimum absolute atomic E-state index is 0.0357. The van der Waals surface area contributed by atoms with Crippen molar-refractivity contribution >= 4 is 31.7 Å². The van der Waals surface area contributed by atoms with E-state index in [1.807, 2.05) is 13.0 Å². The number of rotatable bonds is 5. The van der Waals surface area contributed by atoms with E-state index in [4.69, 9.17) is 4.99 Å². The van der Waals surface area contributed by atoms with Crippen LogP contribution in [-0.4, -0.2) is 45.0 Å². The third kappa shape index (κ3) is 4.11. The van der Waals surface area contributed by atoms with Crippen LogP contribution in [0, 0.1) is 0 Å². The smallest absolute Gasteiger partial charge is 0.191 e. The molecule has 24 heavy (non-hydrogen) atoms. The van der Waals surface area contributed by atoms with E-state index in [1.165, 1.54) is 5.56 Å². The summed E-state index contributed by atoms with van der Waals surface area (Å²) in [6.45, 7) is 3.49. The molecule has 1 saturated heterocycles. The summed E-state index contributed by atoms with van der Waals surface area (Å²) in [7, 11) is -2.89. The number of nitrogens with one attached hydrogen (secondary N) is 2. The van der Waals surface area contributed by atoms with Crippen molar-refractivity contribution in [3.63, 3.8) is 0 Å². The first-order valence-electron chi connectivity index (χ1n) is 8.44. The van der Waals surface area contributed by atoms with Gasteiger partial charge in [-0.25, -0.2) is 8.42 Å². The number of hydrogen-bond donors (Lipinski definition) is 2. The number of guanidine groups is 1. The Morgan fingerprint density at radius 3 is 2.71 bits per heavy atom. The molecule has 0 bridgehead atoms. The van der Waals surface area contributed by atoms with Crippen molar-refractivity contribution in [2.45, 2.75) is 37.6 Å². The SMILES string of the molecule is CCNC(=NCC1(c2ccccc2Br)CC1)NC1CCS(=O)(=O)C1. The van der Waals surface area contributed by atoms with Crippen molar-refractivity contribution in [3.8, 4) is 0 Å². The Hall–Kier alpha value is -1.08. The third-order valence-corrected chi connectivity index (χ3v) is 7.22. The fourth-order valence-electron chi connectivity index (χ4n) is 3.21. The van der Waals surface area contributed by atoms with Crippen molar-refractivity contribution in [2.75, 3.05) is 24.6 Å². The quantitative estimate of drug-likeness (QED) is 0.573. The van der Waals surface area contributed by atoms with Gasteiger partial charge < -0.3 is 10.6 Å². The number of nitrogens with zero attached hydrogens (tertiary/aromatic N) is 1. The lowest BCUT2D eigenvalue weighted by molar-refractivity contribution is 0.599. The number of aliphatic imine (C=N–C) groups is 1. The van der Waals surface area contributed by atoms with Gasteiger partial charge in [0.15, 0.2) is 15.8 Å². The highest BCUT2D eigenvalue weighted by Gasteiger charge is 2.45. The highest BCUT2D eigenvalue weighted by atomic mass is 79.9. The highest BCUT2D eigenvalue weighted by molar-refractivity contribution is 9.10. The standard InChI is InChI=1S/C17H24BrN3O2S/c1-2-19-16(21-13-7-10-24(22,23)11-13)20-12-17(8-9-17)14-5-3-4-6-15(14)18/h3-6,13H,2,7-12H2,1H3,(H2,19,20,21). The van der Waals surface area contributed by atoms with E-state index in [2.05, 4.69) is 44.8 Å². The van der Waals surface area contributed by atoms with Crippen LogP contribution in [0.15, 0.2) is 33.7 Å². The van der Waals surface area contributed by atoms with Crippen molar-refractivity contribution in [2.24, 2.45) is 4.99 Å². The van der Waals surface area contributed by atoms with E-state index in [1.54, 1.807) is 0 Å². The molecule has 132 valence electrons. The lowest BCUT2D eigenvalue weighted by Gasteiger charge is -2.19. The van der Waals surface area contributed by atoms with Crippen LogP contribution in [0.4, 0.5) is 0 Å². The fraction of sp³-hybridized carbons (Fsp3) is 0.588. The monoisotopic (exact) mass is 413 g/mol. The predicted octanol–water partition coefficient (Wildman–Crippen LogP) is 2.22. The normalized spacial score (nSPS) is 24.6. The van der Waals surface area contributed by atoms with E-state index < -0.39 is 9.84 Å². The lowest BCUT2D eigenvalue weighted by atomic mass is 9.96. The van der Waals surface area contributed by atoms with Crippen molar-refractivity contribution in [3.05, 3.63) is 34.3 Å². The first-order chi connectivity index (χ1) is 11.4. The minimum atomic E-state index is -2.89. The molecule has 1 aromatic carbocycles. The van der Waals surface area contributed by atoms with Crippen LogP contribution >= 0.6 is 15.9 Å². The van der Waals surface area contributed by atoms with E-state index in [9.17, 15) is 8.42 Å². The second kappa shape index (κ2) is 7.04. The second-order valence-electron chi connectivity index (χ2n) is 6.70. The number of benzene rings is 1. The summed E-state index contributed by atoms with van der Waals surface area (Å²) in [4.78, 5) is 4.76. The van der Waals surface area contributed by atoms with E-state index in [-0.39, 0.29) is 23.0 Å². The Labute approximate surface area is 152 Å². The Kier molecular flexibility index (Phi) is 5.20. The molecule has 5 nitrogen and oxygen atoms in total. The Balaban J connectivity index is 1.69. The molecule has 1 heterocycles. The maximum atomic E-state index is 11.6. The molecule has 2 aliphatic rings. The molecule has 0 amide bonds. The summed E-state index contributed by atoms with van der Waals surface area (Å²) in [5, 5.41) is 6.52. The van der Waals surface area contributed by atoms with Gasteiger partial charge in [-0.2, -0.15) is 0 Å². The summed E-state index contributed by atoms with van der Waals surface area (Å²) in [6, 6.07) is 8.30. The number of sulfone groups is 1. The van der Waals surface area contributed by atoms with E-state index in [0.717, 1.165) is 29.8 Å². The zero-order chi connectivity index (χ0) is 17.2. The molecular weight excluding hydrogens is 390 g/mol. The van der Waals surface area contributed by atoms with Gasteiger partial charge in [-0.3, -0.25) is 4.99 Å². The Morgan fingerprint density at radius 2 is 2.12 bits per heavy atom. The largest absolute Gasteiger partial charge is 0.357 e. The topological polar surface area (TPSA) is 70.6 Å². The van der Waals surface area contributed by atoms with Crippen LogP contribution in [0.2, 0.25) is 0 Å². The first kappa shape index (κ1) is 17.7. The second-order valence-corrected chi connectivity index (χ2v) is 9.78. The molecule has 1 aliphatic carbocycles. The van der Waals surface area contributed by atoms with Gasteiger partial charge >= 0.3 is 0 Å². The van der Waals surface area contributed by atoms with Gasteiger partial charge in [-0.1, -0.05) is 34.1 Å². The summed E-state index contributed by atoms with van der Waals surface area (Å²) in [6.07, 6.45) is 2.93. The molecule has 1 saturated carbocycles. The number of halogens is 1. The van der Waals surface area contributed by atoms with Gasteiger partial charge in [-0.05, 0) is 37.8 Å². The predicted molar refractivity (Wildman–Crippen MR) is 101 cm³/mol. The zero-order valence-electron chi connectivity index (χ0n) is 13.9. The average molecular weight is 414 g/mol. The molecule has 2 N–H and O–H groups in total. The maximum absolute atomic E-state index is 11.6. The zero-order valence-corrected chi connectivity index (χ0v) is 16.3. The molecule has 1 aliphatic heterocycles. The maximum Gasteiger partial charge on any atom is 0.191 e. The van der Waals surface area contributed by atoms with Crippen LogP contribution in [-0.2, 0) is 15.3 Å². The Bertz CT molecular complexity index is 729. The van der Waals surface area contributed by atoms with Gasteiger partial charge in [0.1, 0.15) is 0 Å². The molecule has 0 aromatic heterocycles. The van der Waals surface area contributed by atoms with Gasteiger partial charge in [-0.15, -0.1) is 0 Å². The van der Waals surface area contributed by atoms with Gasteiger partial charge in [0.2, 0.25) is 0 Å². The van der Waals surface area contributed by atoms with E-state index >= 15 is 0 Å².